The summed E-state index contributed by atoms with van der Waals surface area (Å²) in [5.41, 5.74) is 0.410. The van der Waals surface area contributed by atoms with Crippen LogP contribution in [-0.4, -0.2) is 47.2 Å². The van der Waals surface area contributed by atoms with Gasteiger partial charge in [-0.05, 0) is 37.5 Å². The van der Waals surface area contributed by atoms with Crippen LogP contribution in [-0.2, 0) is 6.54 Å². The first kappa shape index (κ1) is 17.1. The fourth-order valence-electron chi connectivity index (χ4n) is 3.70. The number of aromatic nitrogens is 2. The molecule has 26 heavy (non-hydrogen) atoms. The third-order valence-electron chi connectivity index (χ3n) is 5.08. The Labute approximate surface area is 151 Å². The molecule has 5 nitrogen and oxygen atoms in total. The Hall–Kier alpha value is -2.28. The van der Waals surface area contributed by atoms with Crippen LogP contribution in [0.3, 0.4) is 0 Å². The number of nitrogens with zero attached hydrogens (tertiary/aromatic N) is 4. The van der Waals surface area contributed by atoms with Crippen molar-refractivity contribution in [2.45, 2.75) is 37.9 Å². The van der Waals surface area contributed by atoms with Crippen molar-refractivity contribution in [1.29, 1.82) is 0 Å². The Bertz CT molecular complexity index is 784. The molecule has 0 bridgehead atoms. The molecule has 2 aromatic rings. The highest BCUT2D eigenvalue weighted by Crippen LogP contribution is 2.36. The van der Waals surface area contributed by atoms with Crippen LogP contribution in [0.25, 0.3) is 0 Å². The molecule has 1 aromatic carbocycles. The molecule has 1 aromatic heterocycles. The number of ether oxygens (including phenoxy) is 1. The number of halogens is 2. The van der Waals surface area contributed by atoms with Gasteiger partial charge in [0, 0.05) is 43.3 Å². The largest absolute Gasteiger partial charge is 0.481 e. The molecule has 1 saturated heterocycles. The van der Waals surface area contributed by atoms with Gasteiger partial charge in [0.25, 0.3) is 0 Å². The molecule has 4 rings (SSSR count). The zero-order chi connectivity index (χ0) is 18.1. The number of benzene rings is 1. The molecule has 0 spiro atoms. The summed E-state index contributed by atoms with van der Waals surface area (Å²) >= 11 is 0. The Balaban J connectivity index is 1.48. The maximum absolute atomic E-state index is 13.9. The summed E-state index contributed by atoms with van der Waals surface area (Å²) in [7, 11) is 1.60. The smallest absolute Gasteiger partial charge is 0.218 e. The molecule has 1 atom stereocenters. The summed E-state index contributed by atoms with van der Waals surface area (Å²) in [6.45, 7) is 2.08. The highest BCUT2D eigenvalue weighted by Gasteiger charge is 2.38. The van der Waals surface area contributed by atoms with Crippen LogP contribution in [0.15, 0.2) is 30.6 Å². The summed E-state index contributed by atoms with van der Waals surface area (Å²) < 4.78 is 32.6. The summed E-state index contributed by atoms with van der Waals surface area (Å²) in [6.07, 6.45) is 4.81. The second-order valence-corrected chi connectivity index (χ2v) is 6.97. The molecule has 2 heterocycles. The normalized spacial score (nSPS) is 20.3. The molecule has 2 fully saturated rings. The zero-order valence-corrected chi connectivity index (χ0v) is 14.7. The van der Waals surface area contributed by atoms with Crippen LogP contribution in [0.1, 0.15) is 24.8 Å². The van der Waals surface area contributed by atoms with Gasteiger partial charge in [0.2, 0.25) is 5.88 Å². The average Bonchev–Trinajstić information content (AvgIpc) is 3.37. The van der Waals surface area contributed by atoms with Gasteiger partial charge in [-0.25, -0.2) is 18.7 Å². The lowest BCUT2D eigenvalue weighted by Gasteiger charge is -2.30. The zero-order valence-electron chi connectivity index (χ0n) is 14.7. The first-order valence-corrected chi connectivity index (χ1v) is 8.94. The molecule has 138 valence electrons. The van der Waals surface area contributed by atoms with Crippen molar-refractivity contribution >= 4 is 5.82 Å². The van der Waals surface area contributed by atoms with Crippen molar-refractivity contribution in [2.24, 2.45) is 0 Å². The van der Waals surface area contributed by atoms with E-state index in [0.29, 0.717) is 30.1 Å². The maximum atomic E-state index is 13.9. The van der Waals surface area contributed by atoms with E-state index in [1.165, 1.54) is 18.5 Å². The fraction of sp³-hybridized carbons (Fsp3) is 0.474. The molecule has 1 unspecified atom stereocenters. The number of anilines is 1. The van der Waals surface area contributed by atoms with Gasteiger partial charge in [-0.15, -0.1) is 0 Å². The van der Waals surface area contributed by atoms with E-state index in [-0.39, 0.29) is 5.82 Å². The minimum absolute atomic E-state index is 0.304. The topological polar surface area (TPSA) is 41.5 Å². The standard InChI is InChI=1S/C19H22F2N4O/c1-26-19-9-18(22-12-23-19)25(15-3-4-15)16-6-7-24(11-16)10-13-8-14(20)2-5-17(13)21/h2,5,8-9,12,15-16H,3-4,6-7,10-11H2,1H3. The number of rotatable bonds is 6. The first-order valence-electron chi connectivity index (χ1n) is 8.94. The third kappa shape index (κ3) is 3.62. The van der Waals surface area contributed by atoms with Gasteiger partial charge in [-0.1, -0.05) is 0 Å². The molecule has 7 heteroatoms. The van der Waals surface area contributed by atoms with E-state index in [4.69, 9.17) is 4.74 Å². The summed E-state index contributed by atoms with van der Waals surface area (Å²) in [6, 6.07) is 6.30. The van der Waals surface area contributed by atoms with E-state index in [1.807, 2.05) is 6.07 Å². The lowest BCUT2D eigenvalue weighted by Crippen LogP contribution is -2.40. The Kier molecular flexibility index (Phi) is 4.72. The maximum Gasteiger partial charge on any atom is 0.218 e. The highest BCUT2D eigenvalue weighted by molar-refractivity contribution is 5.45. The van der Waals surface area contributed by atoms with Gasteiger partial charge < -0.3 is 9.64 Å². The summed E-state index contributed by atoms with van der Waals surface area (Å²) in [5, 5.41) is 0. The number of hydrogen-bond donors (Lipinski definition) is 0. The van der Waals surface area contributed by atoms with Crippen LogP contribution in [0.4, 0.5) is 14.6 Å². The molecule has 0 N–H and O–H groups in total. The molecule has 1 aliphatic heterocycles. The molecule has 0 radical (unpaired) electrons. The van der Waals surface area contributed by atoms with Crippen LogP contribution in [0, 0.1) is 11.6 Å². The lowest BCUT2D eigenvalue weighted by molar-refractivity contribution is 0.318. The summed E-state index contributed by atoms with van der Waals surface area (Å²) in [4.78, 5) is 13.1. The van der Waals surface area contributed by atoms with E-state index in [1.54, 1.807) is 7.11 Å². The second-order valence-electron chi connectivity index (χ2n) is 6.97. The second kappa shape index (κ2) is 7.15. The van der Waals surface area contributed by atoms with E-state index < -0.39 is 5.82 Å². The van der Waals surface area contributed by atoms with Crippen molar-refractivity contribution in [1.82, 2.24) is 14.9 Å². The summed E-state index contributed by atoms with van der Waals surface area (Å²) in [5.74, 6) is 0.680. The SMILES string of the molecule is COc1cc(N(C2CC2)C2CCN(Cc3cc(F)ccc3F)C2)ncn1. The molecule has 0 amide bonds. The van der Waals surface area contributed by atoms with Gasteiger partial charge in [0.05, 0.1) is 7.11 Å². The van der Waals surface area contributed by atoms with Crippen molar-refractivity contribution in [3.05, 3.63) is 47.8 Å². The van der Waals surface area contributed by atoms with E-state index >= 15 is 0 Å². The van der Waals surface area contributed by atoms with Gasteiger partial charge >= 0.3 is 0 Å². The van der Waals surface area contributed by atoms with Crippen LogP contribution >= 0.6 is 0 Å². The number of methoxy groups -OCH3 is 1. The van der Waals surface area contributed by atoms with E-state index in [0.717, 1.165) is 44.2 Å². The Morgan fingerprint density at radius 1 is 1.15 bits per heavy atom. The molecular weight excluding hydrogens is 338 g/mol. The van der Waals surface area contributed by atoms with Gasteiger partial charge in [0.1, 0.15) is 23.8 Å². The van der Waals surface area contributed by atoms with Crippen LogP contribution in [0.2, 0.25) is 0 Å². The molecule has 1 saturated carbocycles. The molecule has 2 aliphatic rings. The minimum atomic E-state index is -0.398. The predicted molar refractivity (Wildman–Crippen MR) is 94.1 cm³/mol. The Morgan fingerprint density at radius 3 is 2.77 bits per heavy atom. The lowest BCUT2D eigenvalue weighted by atomic mass is 10.2. The molecule has 1 aliphatic carbocycles. The van der Waals surface area contributed by atoms with Gasteiger partial charge in [-0.2, -0.15) is 0 Å². The van der Waals surface area contributed by atoms with Gasteiger partial charge in [0.15, 0.2) is 0 Å². The fourth-order valence-corrected chi connectivity index (χ4v) is 3.70. The number of hydrogen-bond acceptors (Lipinski definition) is 5. The van der Waals surface area contributed by atoms with Crippen molar-refractivity contribution in [2.75, 3.05) is 25.1 Å². The van der Waals surface area contributed by atoms with Crippen LogP contribution < -0.4 is 9.64 Å². The average molecular weight is 360 g/mol. The Morgan fingerprint density at radius 2 is 2.00 bits per heavy atom. The van der Waals surface area contributed by atoms with E-state index in [9.17, 15) is 8.78 Å². The quantitative estimate of drug-likeness (QED) is 0.792. The van der Waals surface area contributed by atoms with Crippen molar-refractivity contribution in [3.63, 3.8) is 0 Å². The minimum Gasteiger partial charge on any atom is -0.481 e. The first-order chi connectivity index (χ1) is 12.6. The van der Waals surface area contributed by atoms with Crippen molar-refractivity contribution < 1.29 is 13.5 Å². The number of likely N-dealkylation sites (tertiary alicyclic amines) is 1. The monoisotopic (exact) mass is 360 g/mol. The highest BCUT2D eigenvalue weighted by atomic mass is 19.1. The van der Waals surface area contributed by atoms with E-state index in [2.05, 4.69) is 19.8 Å². The molecular formula is C19H22F2N4O. The predicted octanol–water partition coefficient (Wildman–Crippen LogP) is 3.01. The third-order valence-corrected chi connectivity index (χ3v) is 5.08. The van der Waals surface area contributed by atoms with Gasteiger partial charge in [-0.3, -0.25) is 4.90 Å². The van der Waals surface area contributed by atoms with Crippen molar-refractivity contribution in [3.8, 4) is 5.88 Å². The van der Waals surface area contributed by atoms with Crippen LogP contribution in [0.5, 0.6) is 5.88 Å².